The number of hydrogen-bond donors (Lipinski definition) is 1. The first-order valence-electron chi connectivity index (χ1n) is 6.46. The number of aromatic hydroxyl groups is 1. The fraction of sp³-hybridized carbons (Fsp3) is 0.0588. The number of halogens is 1. The van der Waals surface area contributed by atoms with Gasteiger partial charge in [-0.3, -0.25) is 4.79 Å². The van der Waals surface area contributed by atoms with Gasteiger partial charge < -0.3 is 9.52 Å². The van der Waals surface area contributed by atoms with E-state index in [0.717, 1.165) is 5.56 Å². The molecular formula is C17H10ClNO3. The third-order valence-electron chi connectivity index (χ3n) is 3.48. The highest BCUT2D eigenvalue weighted by Gasteiger charge is 2.12. The van der Waals surface area contributed by atoms with E-state index in [1.54, 1.807) is 18.2 Å². The number of fused-ring (bicyclic) bond motifs is 1. The van der Waals surface area contributed by atoms with E-state index < -0.39 is 0 Å². The Morgan fingerprint density at radius 1 is 1.27 bits per heavy atom. The zero-order valence-electron chi connectivity index (χ0n) is 11.6. The number of nitriles is 1. The summed E-state index contributed by atoms with van der Waals surface area (Å²) in [5.74, 6) is -0.126. The Bertz CT molecular complexity index is 999. The van der Waals surface area contributed by atoms with Gasteiger partial charge in [0.05, 0.1) is 16.5 Å². The monoisotopic (exact) mass is 311 g/mol. The first kappa shape index (κ1) is 14.2. The summed E-state index contributed by atoms with van der Waals surface area (Å²) in [5, 5.41) is 19.5. The van der Waals surface area contributed by atoms with Crippen LogP contribution in [0.5, 0.6) is 5.75 Å². The van der Waals surface area contributed by atoms with Crippen molar-refractivity contribution >= 4 is 22.6 Å². The minimum Gasteiger partial charge on any atom is -0.507 e. The second kappa shape index (κ2) is 5.21. The lowest BCUT2D eigenvalue weighted by atomic mass is 10.0. The molecule has 22 heavy (non-hydrogen) atoms. The van der Waals surface area contributed by atoms with Crippen LogP contribution in [0.4, 0.5) is 0 Å². The smallest absolute Gasteiger partial charge is 0.200 e. The van der Waals surface area contributed by atoms with Crippen LogP contribution < -0.4 is 5.43 Å². The van der Waals surface area contributed by atoms with E-state index >= 15 is 0 Å². The Balaban J connectivity index is 2.29. The van der Waals surface area contributed by atoms with Gasteiger partial charge in [-0.15, -0.1) is 0 Å². The molecule has 3 aromatic rings. The van der Waals surface area contributed by atoms with Crippen LogP contribution >= 0.6 is 11.6 Å². The number of rotatable bonds is 1. The number of phenols is 1. The molecule has 0 aliphatic heterocycles. The van der Waals surface area contributed by atoms with Crippen molar-refractivity contribution in [1.82, 2.24) is 0 Å². The standard InChI is InChI=1S/C17H10ClNO3/c1-9-4-12-16(6-14(9)18)22-8-13(17(12)21)10-2-3-15(20)11(5-10)7-19/h2-6,8,20H,1H3. The van der Waals surface area contributed by atoms with Crippen LogP contribution in [0.15, 0.2) is 45.8 Å². The van der Waals surface area contributed by atoms with Crippen molar-refractivity contribution in [1.29, 1.82) is 5.26 Å². The van der Waals surface area contributed by atoms with Crippen molar-refractivity contribution in [3.63, 3.8) is 0 Å². The maximum atomic E-state index is 12.6. The first-order chi connectivity index (χ1) is 10.5. The van der Waals surface area contributed by atoms with Crippen molar-refractivity contribution in [3.8, 4) is 22.9 Å². The minimum atomic E-state index is -0.212. The summed E-state index contributed by atoms with van der Waals surface area (Å²) in [6, 6.07) is 9.56. The molecule has 0 fully saturated rings. The van der Waals surface area contributed by atoms with Crippen molar-refractivity contribution < 1.29 is 9.52 Å². The van der Waals surface area contributed by atoms with Crippen LogP contribution in [0.25, 0.3) is 22.1 Å². The summed E-state index contributed by atoms with van der Waals surface area (Å²) >= 11 is 6.03. The molecule has 0 bridgehead atoms. The molecule has 0 unspecified atom stereocenters. The zero-order valence-corrected chi connectivity index (χ0v) is 12.3. The van der Waals surface area contributed by atoms with E-state index in [1.807, 2.05) is 13.0 Å². The second-order valence-electron chi connectivity index (χ2n) is 4.92. The van der Waals surface area contributed by atoms with Crippen molar-refractivity contribution in [2.45, 2.75) is 6.92 Å². The lowest BCUT2D eigenvalue weighted by Crippen LogP contribution is -2.05. The predicted molar refractivity (Wildman–Crippen MR) is 84.0 cm³/mol. The molecule has 108 valence electrons. The molecule has 0 aliphatic carbocycles. The normalized spacial score (nSPS) is 10.6. The number of aryl methyl sites for hydroxylation is 1. The molecule has 0 aliphatic rings. The van der Waals surface area contributed by atoms with Crippen LogP contribution in [0, 0.1) is 18.3 Å². The largest absolute Gasteiger partial charge is 0.507 e. The third kappa shape index (κ3) is 2.22. The Kier molecular flexibility index (Phi) is 3.36. The molecule has 1 N–H and O–H groups in total. The molecule has 4 nitrogen and oxygen atoms in total. The van der Waals surface area contributed by atoms with Crippen LogP contribution in [0.2, 0.25) is 5.02 Å². The average Bonchev–Trinajstić information content (AvgIpc) is 2.50. The van der Waals surface area contributed by atoms with Gasteiger partial charge in [0, 0.05) is 11.1 Å². The number of phenolic OH excluding ortho intramolecular Hbond substituents is 1. The molecule has 3 rings (SSSR count). The summed E-state index contributed by atoms with van der Waals surface area (Å²) in [6.45, 7) is 1.81. The molecule has 0 radical (unpaired) electrons. The second-order valence-corrected chi connectivity index (χ2v) is 5.33. The van der Waals surface area contributed by atoms with Gasteiger partial charge in [0.25, 0.3) is 0 Å². The summed E-state index contributed by atoms with van der Waals surface area (Å²) in [5.41, 5.74) is 1.91. The minimum absolute atomic E-state index is 0.101. The predicted octanol–water partition coefficient (Wildman–Crippen LogP) is 4.00. The van der Waals surface area contributed by atoms with E-state index in [0.29, 0.717) is 27.1 Å². The Labute approximate surface area is 130 Å². The highest BCUT2D eigenvalue weighted by molar-refractivity contribution is 6.32. The zero-order chi connectivity index (χ0) is 15.9. The summed E-state index contributed by atoms with van der Waals surface area (Å²) in [7, 11) is 0. The third-order valence-corrected chi connectivity index (χ3v) is 3.89. The number of nitrogens with zero attached hydrogens (tertiary/aromatic N) is 1. The fourth-order valence-electron chi connectivity index (χ4n) is 2.25. The molecule has 0 saturated heterocycles. The first-order valence-corrected chi connectivity index (χ1v) is 6.84. The molecule has 0 spiro atoms. The van der Waals surface area contributed by atoms with Gasteiger partial charge in [-0.05, 0) is 36.2 Å². The maximum absolute atomic E-state index is 12.6. The van der Waals surface area contributed by atoms with Gasteiger partial charge in [-0.2, -0.15) is 5.26 Å². The molecule has 2 aromatic carbocycles. The molecule has 0 saturated carbocycles. The highest BCUT2D eigenvalue weighted by atomic mass is 35.5. The summed E-state index contributed by atoms with van der Waals surface area (Å²) in [4.78, 5) is 12.6. The van der Waals surface area contributed by atoms with E-state index in [-0.39, 0.29) is 16.7 Å². The average molecular weight is 312 g/mol. The van der Waals surface area contributed by atoms with Gasteiger partial charge in [0.1, 0.15) is 23.7 Å². The van der Waals surface area contributed by atoms with Gasteiger partial charge in [-0.25, -0.2) is 0 Å². The summed E-state index contributed by atoms with van der Waals surface area (Å²) in [6.07, 6.45) is 1.34. The van der Waals surface area contributed by atoms with Crippen molar-refractivity contribution in [3.05, 3.63) is 63.0 Å². The fourth-order valence-corrected chi connectivity index (χ4v) is 2.41. The lowest BCUT2D eigenvalue weighted by Gasteiger charge is -2.06. The van der Waals surface area contributed by atoms with E-state index in [9.17, 15) is 9.90 Å². The Hall–Kier alpha value is -2.77. The van der Waals surface area contributed by atoms with Crippen LogP contribution in [-0.2, 0) is 0 Å². The van der Waals surface area contributed by atoms with Crippen LogP contribution in [0.1, 0.15) is 11.1 Å². The molecule has 1 aromatic heterocycles. The topological polar surface area (TPSA) is 74.2 Å². The molecule has 5 heteroatoms. The van der Waals surface area contributed by atoms with Gasteiger partial charge >= 0.3 is 0 Å². The van der Waals surface area contributed by atoms with Gasteiger partial charge in [-0.1, -0.05) is 17.7 Å². The summed E-state index contributed by atoms with van der Waals surface area (Å²) < 4.78 is 5.49. The van der Waals surface area contributed by atoms with E-state index in [1.165, 1.54) is 18.4 Å². The Morgan fingerprint density at radius 2 is 2.05 bits per heavy atom. The van der Waals surface area contributed by atoms with Crippen LogP contribution in [0.3, 0.4) is 0 Å². The quantitative estimate of drug-likeness (QED) is 0.737. The molecular weight excluding hydrogens is 302 g/mol. The van der Waals surface area contributed by atoms with Crippen molar-refractivity contribution in [2.24, 2.45) is 0 Å². The molecule has 0 atom stereocenters. The number of hydrogen-bond acceptors (Lipinski definition) is 4. The van der Waals surface area contributed by atoms with Gasteiger partial charge in [0.2, 0.25) is 5.43 Å². The van der Waals surface area contributed by atoms with Crippen molar-refractivity contribution in [2.75, 3.05) is 0 Å². The maximum Gasteiger partial charge on any atom is 0.200 e. The molecule has 1 heterocycles. The Morgan fingerprint density at radius 3 is 2.77 bits per heavy atom. The van der Waals surface area contributed by atoms with Crippen LogP contribution in [-0.4, -0.2) is 5.11 Å². The lowest BCUT2D eigenvalue weighted by molar-refractivity contribution is 0.473. The van der Waals surface area contributed by atoms with Gasteiger partial charge in [0.15, 0.2) is 0 Å². The molecule has 0 amide bonds. The number of benzene rings is 2. The van der Waals surface area contributed by atoms with E-state index in [4.69, 9.17) is 21.3 Å². The SMILES string of the molecule is Cc1cc2c(=O)c(-c3ccc(O)c(C#N)c3)coc2cc1Cl. The van der Waals surface area contributed by atoms with E-state index in [2.05, 4.69) is 0 Å². The highest BCUT2D eigenvalue weighted by Crippen LogP contribution is 2.27.